The standard InChI is InChI=1S/C14H15Br2NO4/c15-9-5-8(17(19)20)6-10(16)13(9)21-12-7-11(18)14(12)3-1-2-4-14/h5-6,11-12,18H,1-4,7H2. The van der Waals surface area contributed by atoms with E-state index in [-0.39, 0.29) is 23.3 Å². The molecule has 2 saturated carbocycles. The highest BCUT2D eigenvalue weighted by molar-refractivity contribution is 9.11. The Morgan fingerprint density at radius 2 is 1.86 bits per heavy atom. The van der Waals surface area contributed by atoms with E-state index in [0.29, 0.717) is 21.1 Å². The fourth-order valence-corrected chi connectivity index (χ4v) is 4.84. The van der Waals surface area contributed by atoms with Crippen LogP contribution in [-0.2, 0) is 0 Å². The van der Waals surface area contributed by atoms with Gasteiger partial charge < -0.3 is 9.84 Å². The van der Waals surface area contributed by atoms with E-state index in [1.165, 1.54) is 12.1 Å². The largest absolute Gasteiger partial charge is 0.487 e. The molecule has 3 rings (SSSR count). The van der Waals surface area contributed by atoms with Gasteiger partial charge in [0.2, 0.25) is 0 Å². The van der Waals surface area contributed by atoms with E-state index in [1.807, 2.05) is 0 Å². The van der Waals surface area contributed by atoms with Crippen LogP contribution in [0.25, 0.3) is 0 Å². The molecule has 1 spiro atoms. The zero-order chi connectivity index (χ0) is 15.2. The molecule has 0 aromatic heterocycles. The Labute approximate surface area is 139 Å². The molecule has 2 aliphatic carbocycles. The summed E-state index contributed by atoms with van der Waals surface area (Å²) in [6.07, 6.45) is 4.53. The minimum Gasteiger partial charge on any atom is -0.487 e. The van der Waals surface area contributed by atoms with Crippen molar-refractivity contribution in [2.24, 2.45) is 5.41 Å². The predicted octanol–water partition coefficient (Wildman–Crippen LogP) is 4.19. The molecular formula is C14H15Br2NO4. The third-order valence-corrected chi connectivity index (χ3v) is 5.91. The number of rotatable bonds is 3. The summed E-state index contributed by atoms with van der Waals surface area (Å²) in [5, 5.41) is 21.0. The van der Waals surface area contributed by atoms with Crippen LogP contribution in [0.5, 0.6) is 5.75 Å². The maximum Gasteiger partial charge on any atom is 0.271 e. The fraction of sp³-hybridized carbons (Fsp3) is 0.571. The summed E-state index contributed by atoms with van der Waals surface area (Å²) < 4.78 is 7.19. The maximum absolute atomic E-state index is 10.8. The van der Waals surface area contributed by atoms with Crippen LogP contribution in [0.1, 0.15) is 32.1 Å². The molecular weight excluding hydrogens is 406 g/mol. The van der Waals surface area contributed by atoms with E-state index in [0.717, 1.165) is 25.7 Å². The predicted molar refractivity (Wildman–Crippen MR) is 84.4 cm³/mol. The van der Waals surface area contributed by atoms with Crippen LogP contribution in [0, 0.1) is 15.5 Å². The van der Waals surface area contributed by atoms with Gasteiger partial charge in [-0.1, -0.05) is 12.8 Å². The van der Waals surface area contributed by atoms with Crippen LogP contribution in [-0.4, -0.2) is 22.2 Å². The van der Waals surface area contributed by atoms with Gasteiger partial charge in [0, 0.05) is 24.0 Å². The second-order valence-electron chi connectivity index (χ2n) is 5.79. The Hall–Kier alpha value is -0.660. The number of ether oxygens (including phenoxy) is 1. The molecule has 1 aromatic carbocycles. The average Bonchev–Trinajstić information content (AvgIpc) is 2.93. The van der Waals surface area contributed by atoms with E-state index in [1.54, 1.807) is 0 Å². The summed E-state index contributed by atoms with van der Waals surface area (Å²) in [6.45, 7) is 0. The number of nitro benzene ring substituents is 1. The van der Waals surface area contributed by atoms with Gasteiger partial charge in [-0.05, 0) is 44.7 Å². The van der Waals surface area contributed by atoms with Gasteiger partial charge in [-0.2, -0.15) is 0 Å². The third kappa shape index (κ3) is 2.49. The van der Waals surface area contributed by atoms with Crippen LogP contribution >= 0.6 is 31.9 Å². The zero-order valence-electron chi connectivity index (χ0n) is 11.2. The van der Waals surface area contributed by atoms with E-state index in [4.69, 9.17) is 4.74 Å². The first-order valence-electron chi connectivity index (χ1n) is 6.92. The summed E-state index contributed by atoms with van der Waals surface area (Å²) in [7, 11) is 0. The number of hydrogen-bond donors (Lipinski definition) is 1. The molecule has 1 N–H and O–H groups in total. The third-order valence-electron chi connectivity index (χ3n) is 4.73. The van der Waals surface area contributed by atoms with Crippen molar-refractivity contribution in [3.8, 4) is 5.75 Å². The number of non-ortho nitro benzene ring substituents is 1. The number of halogens is 2. The molecule has 21 heavy (non-hydrogen) atoms. The molecule has 2 unspecified atom stereocenters. The van der Waals surface area contributed by atoms with Gasteiger partial charge in [0.25, 0.3) is 5.69 Å². The minimum atomic E-state index is -0.440. The van der Waals surface area contributed by atoms with Crippen molar-refractivity contribution in [2.45, 2.75) is 44.3 Å². The van der Waals surface area contributed by atoms with Gasteiger partial charge in [0.05, 0.1) is 20.0 Å². The molecule has 7 heteroatoms. The number of hydrogen-bond acceptors (Lipinski definition) is 4. The molecule has 0 saturated heterocycles. The summed E-state index contributed by atoms with van der Waals surface area (Å²) in [5.41, 5.74) is -0.119. The lowest BCUT2D eigenvalue weighted by Crippen LogP contribution is -2.58. The Balaban J connectivity index is 1.84. The average molecular weight is 421 g/mol. The Morgan fingerprint density at radius 1 is 1.29 bits per heavy atom. The second kappa shape index (κ2) is 5.52. The quantitative estimate of drug-likeness (QED) is 0.587. The van der Waals surface area contributed by atoms with Gasteiger partial charge in [0.15, 0.2) is 0 Å². The van der Waals surface area contributed by atoms with Crippen molar-refractivity contribution in [1.82, 2.24) is 0 Å². The van der Waals surface area contributed by atoms with E-state index >= 15 is 0 Å². The monoisotopic (exact) mass is 419 g/mol. The highest BCUT2D eigenvalue weighted by atomic mass is 79.9. The first kappa shape index (κ1) is 15.2. The summed E-state index contributed by atoms with van der Waals surface area (Å²) >= 11 is 6.68. The topological polar surface area (TPSA) is 72.6 Å². The molecule has 2 aliphatic rings. The molecule has 0 heterocycles. The molecule has 5 nitrogen and oxygen atoms in total. The lowest BCUT2D eigenvalue weighted by molar-refractivity contribution is -0.385. The van der Waals surface area contributed by atoms with Gasteiger partial charge in [-0.25, -0.2) is 0 Å². The smallest absolute Gasteiger partial charge is 0.271 e. The van der Waals surface area contributed by atoms with E-state index in [9.17, 15) is 15.2 Å². The van der Waals surface area contributed by atoms with Crippen molar-refractivity contribution < 1.29 is 14.8 Å². The van der Waals surface area contributed by atoms with E-state index < -0.39 is 4.92 Å². The van der Waals surface area contributed by atoms with Crippen LogP contribution in [0.3, 0.4) is 0 Å². The highest BCUT2D eigenvalue weighted by Gasteiger charge is 2.57. The number of aliphatic hydroxyl groups is 1. The van der Waals surface area contributed by atoms with Crippen LogP contribution in [0.2, 0.25) is 0 Å². The van der Waals surface area contributed by atoms with Crippen molar-refractivity contribution in [3.05, 3.63) is 31.2 Å². The molecule has 0 amide bonds. The molecule has 2 atom stereocenters. The number of nitro groups is 1. The molecule has 0 radical (unpaired) electrons. The lowest BCUT2D eigenvalue weighted by Gasteiger charge is -2.51. The molecule has 2 fully saturated rings. The Morgan fingerprint density at radius 3 is 2.33 bits per heavy atom. The second-order valence-corrected chi connectivity index (χ2v) is 7.50. The summed E-state index contributed by atoms with van der Waals surface area (Å²) in [5.74, 6) is 0.573. The van der Waals surface area contributed by atoms with Crippen LogP contribution in [0.4, 0.5) is 5.69 Å². The van der Waals surface area contributed by atoms with Gasteiger partial charge in [-0.3, -0.25) is 10.1 Å². The molecule has 114 valence electrons. The van der Waals surface area contributed by atoms with Gasteiger partial charge in [0.1, 0.15) is 11.9 Å². The van der Waals surface area contributed by atoms with Gasteiger partial charge >= 0.3 is 0 Å². The SMILES string of the molecule is O=[N+]([O-])c1cc(Br)c(OC2CC(O)C23CCCC3)c(Br)c1. The van der Waals surface area contributed by atoms with Crippen LogP contribution in [0.15, 0.2) is 21.1 Å². The maximum atomic E-state index is 10.8. The first-order chi connectivity index (χ1) is 9.94. The van der Waals surface area contributed by atoms with E-state index in [2.05, 4.69) is 31.9 Å². The number of aliphatic hydroxyl groups excluding tert-OH is 1. The molecule has 0 aliphatic heterocycles. The molecule has 0 bridgehead atoms. The van der Waals surface area contributed by atoms with Crippen molar-refractivity contribution in [1.29, 1.82) is 0 Å². The molecule has 1 aromatic rings. The summed E-state index contributed by atoms with van der Waals surface area (Å²) in [6, 6.07) is 2.88. The van der Waals surface area contributed by atoms with Crippen molar-refractivity contribution >= 4 is 37.5 Å². The van der Waals surface area contributed by atoms with Crippen molar-refractivity contribution in [3.63, 3.8) is 0 Å². The lowest BCUT2D eigenvalue weighted by atomic mass is 9.62. The van der Waals surface area contributed by atoms with Crippen LogP contribution < -0.4 is 4.74 Å². The highest BCUT2D eigenvalue weighted by Crippen LogP contribution is 2.55. The first-order valence-corrected chi connectivity index (χ1v) is 8.51. The van der Waals surface area contributed by atoms with Gasteiger partial charge in [-0.15, -0.1) is 0 Å². The zero-order valence-corrected chi connectivity index (χ0v) is 14.4. The fourth-order valence-electron chi connectivity index (χ4n) is 3.49. The summed E-state index contributed by atoms with van der Waals surface area (Å²) in [4.78, 5) is 10.4. The Bertz CT molecular complexity index is 563. The normalized spacial score (nSPS) is 26.6. The Kier molecular flexibility index (Phi) is 4.00. The number of nitrogens with zero attached hydrogens (tertiary/aromatic N) is 1. The number of benzene rings is 1. The minimum absolute atomic E-state index is 0.00493. The van der Waals surface area contributed by atoms with Crippen molar-refractivity contribution in [2.75, 3.05) is 0 Å².